The zero-order chi connectivity index (χ0) is 18.6. The molecule has 0 aliphatic heterocycles. The first kappa shape index (κ1) is 19.0. The molecule has 0 bridgehead atoms. The second-order valence-corrected chi connectivity index (χ2v) is 8.13. The molecule has 2 aromatic rings. The Kier molecular flexibility index (Phi) is 5.81. The molecule has 1 amide bonds. The minimum Gasteiger partial charge on any atom is -0.337 e. The summed E-state index contributed by atoms with van der Waals surface area (Å²) in [6.07, 6.45) is 0. The number of rotatable bonds is 6. The molecule has 0 unspecified atom stereocenters. The highest BCUT2D eigenvalue weighted by Gasteiger charge is 2.21. The number of carbonyl (C=O) groups excluding carboxylic acids is 1. The smallest absolute Gasteiger partial charge is 0.303 e. The molecule has 134 valence electrons. The van der Waals surface area contributed by atoms with Gasteiger partial charge in [0.15, 0.2) is 0 Å². The molecule has 7 heteroatoms. The summed E-state index contributed by atoms with van der Waals surface area (Å²) >= 11 is 0. The van der Waals surface area contributed by atoms with Gasteiger partial charge in [-0.05, 0) is 29.8 Å². The highest BCUT2D eigenvalue weighted by atomic mass is 32.2. The van der Waals surface area contributed by atoms with Gasteiger partial charge >= 0.3 is 10.2 Å². The number of hydrogen-bond acceptors (Lipinski definition) is 3. The Labute approximate surface area is 149 Å². The van der Waals surface area contributed by atoms with Gasteiger partial charge in [0, 0.05) is 40.3 Å². The van der Waals surface area contributed by atoms with E-state index in [0.717, 1.165) is 9.87 Å². The van der Waals surface area contributed by atoms with Gasteiger partial charge in [0.25, 0.3) is 5.91 Å². The van der Waals surface area contributed by atoms with Gasteiger partial charge in [-0.2, -0.15) is 12.7 Å². The number of carbonyl (C=O) groups is 1. The monoisotopic (exact) mass is 361 g/mol. The van der Waals surface area contributed by atoms with Crippen molar-refractivity contribution < 1.29 is 13.2 Å². The number of amides is 1. The summed E-state index contributed by atoms with van der Waals surface area (Å²) in [5.74, 6) is -0.117. The lowest BCUT2D eigenvalue weighted by Gasteiger charge is -2.23. The summed E-state index contributed by atoms with van der Waals surface area (Å²) in [7, 11) is 2.62. The molecule has 0 saturated carbocycles. The summed E-state index contributed by atoms with van der Waals surface area (Å²) in [4.78, 5) is 14.2. The van der Waals surface area contributed by atoms with Gasteiger partial charge in [0.2, 0.25) is 0 Å². The molecule has 0 N–H and O–H groups in total. The molecule has 0 aromatic heterocycles. The first-order valence-electron chi connectivity index (χ1n) is 7.79. The van der Waals surface area contributed by atoms with Crippen molar-refractivity contribution in [2.45, 2.75) is 6.54 Å². The third-order valence-corrected chi connectivity index (χ3v) is 5.72. The van der Waals surface area contributed by atoms with Gasteiger partial charge < -0.3 is 4.90 Å². The maximum absolute atomic E-state index is 12.5. The molecule has 0 aliphatic rings. The average molecular weight is 361 g/mol. The Morgan fingerprint density at radius 2 is 1.44 bits per heavy atom. The lowest BCUT2D eigenvalue weighted by molar-refractivity contribution is 0.0785. The van der Waals surface area contributed by atoms with E-state index in [1.807, 2.05) is 30.3 Å². The molecule has 25 heavy (non-hydrogen) atoms. The van der Waals surface area contributed by atoms with Gasteiger partial charge in [-0.1, -0.05) is 30.3 Å². The van der Waals surface area contributed by atoms with Crippen LogP contribution < -0.4 is 4.31 Å². The maximum atomic E-state index is 12.5. The lowest BCUT2D eigenvalue weighted by Crippen LogP contribution is -2.37. The van der Waals surface area contributed by atoms with Gasteiger partial charge in [-0.15, -0.1) is 0 Å². The van der Waals surface area contributed by atoms with Crippen LogP contribution in [-0.2, 0) is 16.8 Å². The van der Waals surface area contributed by atoms with Crippen molar-refractivity contribution in [2.75, 3.05) is 32.5 Å². The summed E-state index contributed by atoms with van der Waals surface area (Å²) in [6, 6.07) is 16.3. The van der Waals surface area contributed by atoms with Crippen LogP contribution in [0.5, 0.6) is 0 Å². The van der Waals surface area contributed by atoms with Crippen molar-refractivity contribution in [2.24, 2.45) is 0 Å². The average Bonchev–Trinajstić information content (AvgIpc) is 2.61. The van der Waals surface area contributed by atoms with Crippen molar-refractivity contribution in [1.82, 2.24) is 9.21 Å². The minimum atomic E-state index is -3.55. The maximum Gasteiger partial charge on any atom is 0.303 e. The topological polar surface area (TPSA) is 60.9 Å². The second-order valence-electron chi connectivity index (χ2n) is 5.95. The fourth-order valence-corrected chi connectivity index (χ4v) is 3.22. The third-order valence-electron chi connectivity index (χ3n) is 3.89. The summed E-state index contributed by atoms with van der Waals surface area (Å²) in [5.41, 5.74) is 2.06. The minimum absolute atomic E-state index is 0.117. The van der Waals surface area contributed by atoms with Crippen LogP contribution in [0.2, 0.25) is 0 Å². The molecule has 2 aromatic carbocycles. The molecule has 0 aliphatic carbocycles. The first-order valence-corrected chi connectivity index (χ1v) is 9.19. The molecule has 0 atom stereocenters. The first-order chi connectivity index (χ1) is 11.7. The molecule has 0 heterocycles. The van der Waals surface area contributed by atoms with Crippen LogP contribution in [0.15, 0.2) is 54.6 Å². The molecule has 0 saturated heterocycles. The standard InChI is InChI=1S/C18H23N3O3S/c1-19(2)25(23,24)21(4)17-12-10-16(11-13-17)18(22)20(3)14-15-8-6-5-7-9-15/h5-13H,14H2,1-4H3. The van der Waals surface area contributed by atoms with Crippen LogP contribution in [0.4, 0.5) is 5.69 Å². The van der Waals surface area contributed by atoms with Gasteiger partial charge in [-0.3, -0.25) is 9.10 Å². The van der Waals surface area contributed by atoms with Crippen molar-refractivity contribution >= 4 is 21.8 Å². The molecular weight excluding hydrogens is 338 g/mol. The van der Waals surface area contributed by atoms with Crippen LogP contribution in [0.25, 0.3) is 0 Å². The van der Waals surface area contributed by atoms with E-state index in [2.05, 4.69) is 0 Å². The van der Waals surface area contributed by atoms with Gasteiger partial charge in [-0.25, -0.2) is 0 Å². The van der Waals surface area contributed by atoms with Crippen molar-refractivity contribution in [3.05, 3.63) is 65.7 Å². The van der Waals surface area contributed by atoms with Crippen LogP contribution in [-0.4, -0.2) is 51.7 Å². The molecule has 0 fully saturated rings. The molecular formula is C18H23N3O3S. The van der Waals surface area contributed by atoms with E-state index < -0.39 is 10.2 Å². The SMILES string of the molecule is CN(Cc1ccccc1)C(=O)c1ccc(N(C)S(=O)(=O)N(C)C)cc1. The Balaban J connectivity index is 2.12. The van der Waals surface area contributed by atoms with E-state index in [1.54, 1.807) is 36.2 Å². The number of nitrogens with zero attached hydrogens (tertiary/aromatic N) is 3. The Bertz CT molecular complexity index is 818. The quantitative estimate of drug-likeness (QED) is 0.792. The zero-order valence-corrected chi connectivity index (χ0v) is 15.7. The molecule has 0 radical (unpaired) electrons. The van der Waals surface area contributed by atoms with Gasteiger partial charge in [0.05, 0.1) is 5.69 Å². The highest BCUT2D eigenvalue weighted by molar-refractivity contribution is 7.90. The van der Waals surface area contributed by atoms with Crippen LogP contribution in [0.1, 0.15) is 15.9 Å². The van der Waals surface area contributed by atoms with E-state index in [4.69, 9.17) is 0 Å². The Morgan fingerprint density at radius 1 is 0.880 bits per heavy atom. The molecule has 0 spiro atoms. The third kappa shape index (κ3) is 4.37. The number of anilines is 1. The predicted molar refractivity (Wildman–Crippen MR) is 99.7 cm³/mol. The second kappa shape index (κ2) is 7.67. The summed E-state index contributed by atoms with van der Waals surface area (Å²) in [5, 5.41) is 0. The highest BCUT2D eigenvalue weighted by Crippen LogP contribution is 2.19. The molecule has 2 rings (SSSR count). The Morgan fingerprint density at radius 3 is 1.96 bits per heavy atom. The van der Waals surface area contributed by atoms with Crippen molar-refractivity contribution in [3.63, 3.8) is 0 Å². The largest absolute Gasteiger partial charge is 0.337 e. The van der Waals surface area contributed by atoms with Crippen LogP contribution >= 0.6 is 0 Å². The van der Waals surface area contributed by atoms with E-state index in [9.17, 15) is 13.2 Å². The van der Waals surface area contributed by atoms with E-state index >= 15 is 0 Å². The fourth-order valence-electron chi connectivity index (χ4n) is 2.34. The summed E-state index contributed by atoms with van der Waals surface area (Å²) in [6.45, 7) is 0.510. The van der Waals surface area contributed by atoms with E-state index in [-0.39, 0.29) is 5.91 Å². The Hall–Kier alpha value is -2.38. The van der Waals surface area contributed by atoms with E-state index in [0.29, 0.717) is 17.8 Å². The number of hydrogen-bond donors (Lipinski definition) is 0. The molecule has 6 nitrogen and oxygen atoms in total. The van der Waals surface area contributed by atoms with Crippen molar-refractivity contribution in [3.8, 4) is 0 Å². The fraction of sp³-hybridized carbons (Fsp3) is 0.278. The number of benzene rings is 2. The van der Waals surface area contributed by atoms with Crippen molar-refractivity contribution in [1.29, 1.82) is 0 Å². The lowest BCUT2D eigenvalue weighted by atomic mass is 10.1. The van der Waals surface area contributed by atoms with E-state index in [1.165, 1.54) is 25.4 Å². The van der Waals surface area contributed by atoms with Gasteiger partial charge in [0.1, 0.15) is 0 Å². The summed E-state index contributed by atoms with van der Waals surface area (Å²) < 4.78 is 26.6. The van der Waals surface area contributed by atoms with Crippen LogP contribution in [0, 0.1) is 0 Å². The normalized spacial score (nSPS) is 11.4. The predicted octanol–water partition coefficient (Wildman–Crippen LogP) is 2.20. The van der Waals surface area contributed by atoms with Crippen LogP contribution in [0.3, 0.4) is 0 Å². The zero-order valence-electron chi connectivity index (χ0n) is 14.9.